The van der Waals surface area contributed by atoms with Crippen molar-refractivity contribution in [3.63, 3.8) is 0 Å². The molecule has 1 unspecified atom stereocenters. The zero-order valence-electron chi connectivity index (χ0n) is 10.6. The predicted molar refractivity (Wildman–Crippen MR) is 80.9 cm³/mol. The molecule has 1 aliphatic heterocycles. The summed E-state index contributed by atoms with van der Waals surface area (Å²) in [5.74, 6) is 1.24. The van der Waals surface area contributed by atoms with Crippen LogP contribution in [0.15, 0.2) is 11.1 Å². The SMILES string of the molecule is CC(CNc1nc[nH]c(=O)c1I)CN1CCCC1. The van der Waals surface area contributed by atoms with Crippen molar-refractivity contribution >= 4 is 28.4 Å². The Morgan fingerprint density at radius 1 is 1.56 bits per heavy atom. The zero-order valence-corrected chi connectivity index (χ0v) is 12.7. The molecule has 1 atom stereocenters. The smallest absolute Gasteiger partial charge is 0.266 e. The zero-order chi connectivity index (χ0) is 13.0. The minimum Gasteiger partial charge on any atom is -0.369 e. The van der Waals surface area contributed by atoms with Gasteiger partial charge in [-0.25, -0.2) is 4.98 Å². The van der Waals surface area contributed by atoms with Crippen LogP contribution in [0.2, 0.25) is 0 Å². The largest absolute Gasteiger partial charge is 0.369 e. The van der Waals surface area contributed by atoms with E-state index < -0.39 is 0 Å². The fourth-order valence-electron chi connectivity index (χ4n) is 2.25. The lowest BCUT2D eigenvalue weighted by Gasteiger charge is -2.20. The summed E-state index contributed by atoms with van der Waals surface area (Å²) in [6.45, 7) is 6.65. The van der Waals surface area contributed by atoms with Gasteiger partial charge in [0.2, 0.25) is 0 Å². The molecule has 0 saturated carbocycles. The fourth-order valence-corrected chi connectivity index (χ4v) is 2.73. The number of hydrogen-bond donors (Lipinski definition) is 2. The summed E-state index contributed by atoms with van der Waals surface area (Å²) in [5.41, 5.74) is -0.0831. The maximum atomic E-state index is 11.4. The quantitative estimate of drug-likeness (QED) is 0.780. The average molecular weight is 362 g/mol. The first kappa shape index (κ1) is 13.8. The van der Waals surface area contributed by atoms with E-state index in [0.29, 0.717) is 15.3 Å². The standard InChI is InChI=1S/C12H19IN4O/c1-9(7-17-4-2-3-5-17)6-14-11-10(13)12(18)16-8-15-11/h8-9H,2-7H2,1H3,(H2,14,15,16,18). The molecule has 6 heteroatoms. The average Bonchev–Trinajstić information content (AvgIpc) is 2.84. The molecule has 1 aromatic rings. The maximum absolute atomic E-state index is 11.4. The Hall–Kier alpha value is -0.630. The van der Waals surface area contributed by atoms with E-state index in [4.69, 9.17) is 0 Å². The highest BCUT2D eigenvalue weighted by molar-refractivity contribution is 14.1. The molecule has 0 bridgehead atoms. The molecular weight excluding hydrogens is 343 g/mol. The van der Waals surface area contributed by atoms with Gasteiger partial charge in [-0.15, -0.1) is 0 Å². The number of hydrogen-bond acceptors (Lipinski definition) is 4. The van der Waals surface area contributed by atoms with Crippen molar-refractivity contribution in [1.82, 2.24) is 14.9 Å². The number of nitrogens with zero attached hydrogens (tertiary/aromatic N) is 2. The van der Waals surface area contributed by atoms with Crippen LogP contribution in [-0.4, -0.2) is 41.0 Å². The number of H-pyrrole nitrogens is 1. The highest BCUT2D eigenvalue weighted by Gasteiger charge is 2.15. The van der Waals surface area contributed by atoms with E-state index in [-0.39, 0.29) is 5.56 Å². The van der Waals surface area contributed by atoms with Crippen LogP contribution in [0.3, 0.4) is 0 Å². The third-order valence-corrected chi connectivity index (χ3v) is 4.18. The molecule has 1 fully saturated rings. The van der Waals surface area contributed by atoms with Crippen molar-refractivity contribution in [3.8, 4) is 0 Å². The number of likely N-dealkylation sites (tertiary alicyclic amines) is 1. The highest BCUT2D eigenvalue weighted by atomic mass is 127. The third kappa shape index (κ3) is 3.68. The van der Waals surface area contributed by atoms with Crippen LogP contribution in [0.1, 0.15) is 19.8 Å². The maximum Gasteiger partial charge on any atom is 0.266 e. The highest BCUT2D eigenvalue weighted by Crippen LogP contribution is 2.12. The Kier molecular flexibility index (Phi) is 4.99. The van der Waals surface area contributed by atoms with Crippen LogP contribution in [0, 0.1) is 9.49 Å². The van der Waals surface area contributed by atoms with Crippen molar-refractivity contribution < 1.29 is 0 Å². The predicted octanol–water partition coefficient (Wildman–Crippen LogP) is 1.52. The van der Waals surface area contributed by atoms with Gasteiger partial charge in [-0.1, -0.05) is 6.92 Å². The van der Waals surface area contributed by atoms with E-state index in [2.05, 4.69) is 27.1 Å². The molecule has 0 aliphatic carbocycles. The van der Waals surface area contributed by atoms with Gasteiger partial charge in [0.15, 0.2) is 0 Å². The van der Waals surface area contributed by atoms with Crippen LogP contribution in [0.5, 0.6) is 0 Å². The Labute approximate surface area is 121 Å². The molecule has 1 saturated heterocycles. The Morgan fingerprint density at radius 3 is 3.00 bits per heavy atom. The number of nitrogens with one attached hydrogen (secondary N) is 2. The van der Waals surface area contributed by atoms with Gasteiger partial charge < -0.3 is 15.2 Å². The molecule has 0 spiro atoms. The van der Waals surface area contributed by atoms with Crippen molar-refractivity contribution in [3.05, 3.63) is 20.3 Å². The van der Waals surface area contributed by atoms with Crippen molar-refractivity contribution in [2.24, 2.45) is 5.92 Å². The monoisotopic (exact) mass is 362 g/mol. The molecule has 1 aliphatic rings. The van der Waals surface area contributed by atoms with Gasteiger partial charge in [0.1, 0.15) is 9.39 Å². The number of aromatic nitrogens is 2. The second kappa shape index (κ2) is 6.51. The van der Waals surface area contributed by atoms with E-state index in [1.54, 1.807) is 0 Å². The first-order chi connectivity index (χ1) is 8.66. The van der Waals surface area contributed by atoms with Crippen LogP contribution in [-0.2, 0) is 0 Å². The van der Waals surface area contributed by atoms with Gasteiger partial charge in [0.25, 0.3) is 5.56 Å². The first-order valence-electron chi connectivity index (χ1n) is 6.36. The molecule has 0 radical (unpaired) electrons. The summed E-state index contributed by atoms with van der Waals surface area (Å²) in [6.07, 6.45) is 4.10. The van der Waals surface area contributed by atoms with Crippen LogP contribution >= 0.6 is 22.6 Å². The van der Waals surface area contributed by atoms with E-state index in [1.807, 2.05) is 22.6 Å². The minimum atomic E-state index is -0.0831. The Morgan fingerprint density at radius 2 is 2.28 bits per heavy atom. The van der Waals surface area contributed by atoms with Crippen LogP contribution < -0.4 is 10.9 Å². The minimum absolute atomic E-state index is 0.0831. The normalized spacial score (nSPS) is 17.9. The van der Waals surface area contributed by atoms with E-state index in [0.717, 1.165) is 13.1 Å². The van der Waals surface area contributed by atoms with E-state index >= 15 is 0 Å². The molecule has 5 nitrogen and oxygen atoms in total. The van der Waals surface area contributed by atoms with Crippen molar-refractivity contribution in [2.75, 3.05) is 31.5 Å². The molecule has 1 aromatic heterocycles. The third-order valence-electron chi connectivity index (χ3n) is 3.18. The Balaban J connectivity index is 1.83. The number of halogens is 1. The lowest BCUT2D eigenvalue weighted by Crippen LogP contribution is -2.29. The second-order valence-electron chi connectivity index (χ2n) is 4.89. The molecule has 2 N–H and O–H groups in total. The van der Waals surface area contributed by atoms with E-state index in [1.165, 1.54) is 32.3 Å². The van der Waals surface area contributed by atoms with Crippen molar-refractivity contribution in [2.45, 2.75) is 19.8 Å². The Bertz CT molecular complexity index is 442. The van der Waals surface area contributed by atoms with Gasteiger partial charge in [-0.2, -0.15) is 0 Å². The summed E-state index contributed by atoms with van der Waals surface area (Å²) >= 11 is 2.02. The fraction of sp³-hybridized carbons (Fsp3) is 0.667. The number of anilines is 1. The summed E-state index contributed by atoms with van der Waals surface area (Å²) < 4.78 is 0.628. The van der Waals surface area contributed by atoms with Crippen molar-refractivity contribution in [1.29, 1.82) is 0 Å². The number of aromatic amines is 1. The summed E-state index contributed by atoms with van der Waals surface area (Å²) in [7, 11) is 0. The van der Waals surface area contributed by atoms with Gasteiger partial charge >= 0.3 is 0 Å². The molecule has 18 heavy (non-hydrogen) atoms. The molecule has 2 heterocycles. The van der Waals surface area contributed by atoms with Crippen LogP contribution in [0.25, 0.3) is 0 Å². The molecule has 0 amide bonds. The topological polar surface area (TPSA) is 61.0 Å². The van der Waals surface area contributed by atoms with Gasteiger partial charge in [0, 0.05) is 13.1 Å². The first-order valence-corrected chi connectivity index (χ1v) is 7.44. The van der Waals surface area contributed by atoms with Gasteiger partial charge in [-0.3, -0.25) is 4.79 Å². The van der Waals surface area contributed by atoms with E-state index in [9.17, 15) is 4.79 Å². The van der Waals surface area contributed by atoms with Gasteiger partial charge in [0.05, 0.1) is 6.33 Å². The second-order valence-corrected chi connectivity index (χ2v) is 5.97. The summed E-state index contributed by atoms with van der Waals surface area (Å²) in [5, 5.41) is 3.26. The molecule has 0 aromatic carbocycles. The lowest BCUT2D eigenvalue weighted by atomic mass is 10.1. The van der Waals surface area contributed by atoms with Gasteiger partial charge in [-0.05, 0) is 54.4 Å². The van der Waals surface area contributed by atoms with Crippen LogP contribution in [0.4, 0.5) is 5.82 Å². The lowest BCUT2D eigenvalue weighted by molar-refractivity contribution is 0.294. The summed E-state index contributed by atoms with van der Waals surface area (Å²) in [6, 6.07) is 0. The molecule has 100 valence electrons. The number of rotatable bonds is 5. The molecular formula is C12H19IN4O. The summed E-state index contributed by atoms with van der Waals surface area (Å²) in [4.78, 5) is 20.6. The molecule has 2 rings (SSSR count).